The third-order valence-corrected chi connectivity index (χ3v) is 6.66. The summed E-state index contributed by atoms with van der Waals surface area (Å²) in [7, 11) is 3.69. The van der Waals surface area contributed by atoms with Crippen molar-refractivity contribution in [3.05, 3.63) is 62.3 Å². The van der Waals surface area contributed by atoms with Crippen molar-refractivity contribution in [1.29, 1.82) is 0 Å². The highest BCUT2D eigenvalue weighted by Gasteiger charge is 2.38. The van der Waals surface area contributed by atoms with Crippen LogP contribution in [0.3, 0.4) is 0 Å². The Morgan fingerprint density at radius 1 is 1.21 bits per heavy atom. The molecule has 1 aliphatic heterocycles. The molecule has 0 saturated carbocycles. The zero-order valence-electron chi connectivity index (χ0n) is 18.1. The van der Waals surface area contributed by atoms with E-state index < -0.39 is 51.9 Å². The largest absolute Gasteiger partial charge is 0.417 e. The van der Waals surface area contributed by atoms with Gasteiger partial charge in [0.2, 0.25) is 0 Å². The first-order valence-electron chi connectivity index (χ1n) is 10.2. The molecule has 1 aliphatic rings. The van der Waals surface area contributed by atoms with Crippen molar-refractivity contribution in [2.24, 2.45) is 0 Å². The van der Waals surface area contributed by atoms with Gasteiger partial charge in [-0.15, -0.1) is 11.8 Å². The zero-order valence-corrected chi connectivity index (χ0v) is 18.9. The molecule has 2 aromatic carbocycles. The molecule has 0 bridgehead atoms. The molecule has 2 heterocycles. The summed E-state index contributed by atoms with van der Waals surface area (Å²) in [5.74, 6) is -1.99. The van der Waals surface area contributed by atoms with E-state index >= 15 is 0 Å². The van der Waals surface area contributed by atoms with Crippen LogP contribution in [0.5, 0.6) is 0 Å². The Bertz CT molecular complexity index is 1370. The number of alkyl halides is 3. The molecule has 0 amide bonds. The zero-order chi connectivity index (χ0) is 24.8. The maximum atomic E-state index is 14.7. The lowest BCUT2D eigenvalue weighted by Crippen LogP contribution is -2.35. The number of aromatic amines is 1. The Morgan fingerprint density at radius 3 is 2.59 bits per heavy atom. The number of aromatic nitrogens is 2. The van der Waals surface area contributed by atoms with Crippen LogP contribution in [-0.2, 0) is 17.5 Å². The van der Waals surface area contributed by atoms with Crippen molar-refractivity contribution in [2.75, 3.05) is 33.0 Å². The molecular formula is C22H20F5N3O3S. The molecule has 1 N–H and O–H groups in total. The highest BCUT2D eigenvalue weighted by molar-refractivity contribution is 7.99. The molecule has 0 saturated heterocycles. The third-order valence-electron chi connectivity index (χ3n) is 5.43. The first kappa shape index (κ1) is 24.4. The molecule has 34 heavy (non-hydrogen) atoms. The summed E-state index contributed by atoms with van der Waals surface area (Å²) >= 11 is 0.939. The first-order valence-corrected chi connectivity index (χ1v) is 11.2. The summed E-state index contributed by atoms with van der Waals surface area (Å²) in [5.41, 5.74) is -4.12. The maximum absolute atomic E-state index is 14.7. The summed E-state index contributed by atoms with van der Waals surface area (Å²) in [4.78, 5) is 29.1. The van der Waals surface area contributed by atoms with Crippen molar-refractivity contribution >= 4 is 22.7 Å². The summed E-state index contributed by atoms with van der Waals surface area (Å²) in [6, 6.07) is 2.88. The molecule has 12 heteroatoms. The van der Waals surface area contributed by atoms with Crippen molar-refractivity contribution in [3.63, 3.8) is 0 Å². The van der Waals surface area contributed by atoms with Gasteiger partial charge < -0.3 is 9.64 Å². The van der Waals surface area contributed by atoms with Gasteiger partial charge in [0.05, 0.1) is 35.7 Å². The smallest absolute Gasteiger partial charge is 0.374 e. The van der Waals surface area contributed by atoms with E-state index in [1.165, 1.54) is 0 Å². The summed E-state index contributed by atoms with van der Waals surface area (Å²) in [6.45, 7) is 0.869. The Hall–Kier alpha value is -2.70. The summed E-state index contributed by atoms with van der Waals surface area (Å²) in [5, 5.41) is -0.352. The number of H-pyrrole nitrogens is 1. The molecular weight excluding hydrogens is 481 g/mol. The van der Waals surface area contributed by atoms with Crippen LogP contribution in [0.25, 0.3) is 22.0 Å². The fourth-order valence-electron chi connectivity index (χ4n) is 3.86. The molecule has 0 unspecified atom stereocenters. The van der Waals surface area contributed by atoms with Gasteiger partial charge in [-0.1, -0.05) is 0 Å². The second-order valence-corrected chi connectivity index (χ2v) is 9.15. The van der Waals surface area contributed by atoms with Crippen molar-refractivity contribution in [2.45, 2.75) is 23.7 Å². The predicted molar refractivity (Wildman–Crippen MR) is 118 cm³/mol. The topological polar surface area (TPSA) is 67.3 Å². The van der Waals surface area contributed by atoms with Gasteiger partial charge in [0.25, 0.3) is 5.56 Å². The number of nitrogens with one attached hydrogen (secondary N) is 1. The number of benzene rings is 2. The molecule has 3 aromatic rings. The van der Waals surface area contributed by atoms with E-state index in [0.29, 0.717) is 25.3 Å². The number of nitrogens with zero attached hydrogens (tertiary/aromatic N) is 2. The van der Waals surface area contributed by atoms with Crippen LogP contribution < -0.4 is 11.2 Å². The first-order chi connectivity index (χ1) is 16.0. The SMILES string of the molecule is CN(C)CCO[C@@H]1CSc2c(-c3ccc(F)cc3F)c(C(F)(F)F)cc3c(=O)[nH]c(=O)n(c23)C1. The van der Waals surface area contributed by atoms with Crippen molar-refractivity contribution in [1.82, 2.24) is 14.5 Å². The van der Waals surface area contributed by atoms with Crippen molar-refractivity contribution in [3.8, 4) is 11.1 Å². The average Bonchev–Trinajstić information content (AvgIpc) is 2.92. The molecule has 0 radical (unpaired) electrons. The minimum Gasteiger partial charge on any atom is -0.374 e. The molecule has 6 nitrogen and oxygen atoms in total. The molecule has 0 aliphatic carbocycles. The number of ether oxygens (including phenoxy) is 1. The molecule has 182 valence electrons. The van der Waals surface area contributed by atoms with Gasteiger partial charge in [-0.3, -0.25) is 14.3 Å². The van der Waals surface area contributed by atoms with E-state index in [9.17, 15) is 31.5 Å². The molecule has 4 rings (SSSR count). The minimum absolute atomic E-state index is 0.0176. The van der Waals surface area contributed by atoms with Crippen LogP contribution >= 0.6 is 11.8 Å². The quantitative estimate of drug-likeness (QED) is 0.540. The Labute approximate surface area is 194 Å². The van der Waals surface area contributed by atoms with Crippen LogP contribution in [0.4, 0.5) is 22.0 Å². The molecule has 0 spiro atoms. The number of thioether (sulfide) groups is 1. The summed E-state index contributed by atoms with van der Waals surface area (Å²) in [6.07, 6.45) is -5.52. The second kappa shape index (κ2) is 9.16. The Morgan fingerprint density at radius 2 is 1.94 bits per heavy atom. The number of hydrogen-bond donors (Lipinski definition) is 1. The van der Waals surface area contributed by atoms with Gasteiger partial charge in [-0.05, 0) is 32.3 Å². The lowest BCUT2D eigenvalue weighted by Gasteiger charge is -2.20. The number of halogens is 5. The maximum Gasteiger partial charge on any atom is 0.417 e. The predicted octanol–water partition coefficient (Wildman–Crippen LogP) is 3.71. The van der Waals surface area contributed by atoms with Crippen LogP contribution in [0, 0.1) is 11.6 Å². The summed E-state index contributed by atoms with van der Waals surface area (Å²) < 4.78 is 77.6. The number of likely N-dealkylation sites (N-methyl/N-ethyl adjacent to an activating group) is 1. The molecule has 1 aromatic heterocycles. The van der Waals surface area contributed by atoms with Crippen LogP contribution in [0.15, 0.2) is 38.8 Å². The van der Waals surface area contributed by atoms with Gasteiger partial charge >= 0.3 is 11.9 Å². The van der Waals surface area contributed by atoms with E-state index in [4.69, 9.17) is 4.74 Å². The van der Waals surface area contributed by atoms with Crippen LogP contribution in [0.2, 0.25) is 0 Å². The Balaban J connectivity index is 2.01. The normalized spacial score (nSPS) is 16.3. The van der Waals surface area contributed by atoms with Crippen molar-refractivity contribution < 1.29 is 26.7 Å². The number of rotatable bonds is 5. The second-order valence-electron chi connectivity index (χ2n) is 8.12. The standard InChI is InChI=1S/C22H20F5N3O3S/c1-29(2)5-6-33-12-9-30-18-14(20(31)28-21(30)32)8-15(22(25,26)27)17(19(18)34-10-12)13-4-3-11(23)7-16(13)24/h3-4,7-8,12H,5-6,9-10H2,1-2H3,(H,28,31,32)/t12-/m0/s1. The lowest BCUT2D eigenvalue weighted by molar-refractivity contribution is -0.137. The van der Waals surface area contributed by atoms with Gasteiger partial charge in [-0.2, -0.15) is 13.2 Å². The van der Waals surface area contributed by atoms with E-state index in [1.807, 2.05) is 19.0 Å². The highest BCUT2D eigenvalue weighted by Crippen LogP contribution is 2.47. The number of hydrogen-bond acceptors (Lipinski definition) is 5. The van der Waals surface area contributed by atoms with Gasteiger partial charge in [0.15, 0.2) is 0 Å². The fourth-order valence-corrected chi connectivity index (χ4v) is 5.13. The lowest BCUT2D eigenvalue weighted by atomic mass is 9.96. The highest BCUT2D eigenvalue weighted by atomic mass is 32.2. The molecule has 1 atom stereocenters. The van der Waals surface area contributed by atoms with Crippen LogP contribution in [0.1, 0.15) is 5.56 Å². The van der Waals surface area contributed by atoms with E-state index in [-0.39, 0.29) is 28.1 Å². The minimum atomic E-state index is -4.96. The third kappa shape index (κ3) is 4.62. The fraction of sp³-hybridized carbons (Fsp3) is 0.364. The molecule has 0 fully saturated rings. The van der Waals surface area contributed by atoms with E-state index in [0.717, 1.165) is 28.5 Å². The van der Waals surface area contributed by atoms with E-state index in [1.54, 1.807) is 0 Å². The van der Waals surface area contributed by atoms with Gasteiger partial charge in [0.1, 0.15) is 11.6 Å². The Kier molecular flexibility index (Phi) is 6.58. The van der Waals surface area contributed by atoms with Gasteiger partial charge in [0, 0.05) is 34.4 Å². The van der Waals surface area contributed by atoms with Crippen LogP contribution in [-0.4, -0.2) is 53.6 Å². The van der Waals surface area contributed by atoms with E-state index in [2.05, 4.69) is 4.98 Å². The average molecular weight is 501 g/mol. The van der Waals surface area contributed by atoms with Gasteiger partial charge in [-0.25, -0.2) is 13.6 Å². The monoisotopic (exact) mass is 501 g/mol.